The van der Waals surface area contributed by atoms with Gasteiger partial charge in [0.05, 0.1) is 29.5 Å². The number of hydrogen-bond acceptors (Lipinski definition) is 5. The Morgan fingerprint density at radius 2 is 1.86 bits per heavy atom. The normalized spacial score (nSPS) is 9.89. The molecule has 28 heavy (non-hydrogen) atoms. The van der Waals surface area contributed by atoms with Crippen LogP contribution in [0.2, 0.25) is 0 Å². The Morgan fingerprint density at radius 3 is 2.50 bits per heavy atom. The average Bonchev–Trinajstić information content (AvgIpc) is 2.72. The molecule has 144 valence electrons. The van der Waals surface area contributed by atoms with Crippen LogP contribution in [0.4, 0.5) is 0 Å². The summed E-state index contributed by atoms with van der Waals surface area (Å²) in [6, 6.07) is 17.6. The Balaban J connectivity index is 0.000000878. The summed E-state index contributed by atoms with van der Waals surface area (Å²) in [7, 11) is 0. The van der Waals surface area contributed by atoms with Crippen molar-refractivity contribution in [3.05, 3.63) is 59.7 Å². The van der Waals surface area contributed by atoms with Crippen molar-refractivity contribution in [2.75, 3.05) is 19.8 Å². The molecular weight excluding hydrogens is 356 g/mol. The number of nitrogens with zero attached hydrogens (tertiary/aromatic N) is 2. The smallest absolute Gasteiger partial charge is 0.290 e. The Hall–Kier alpha value is -3.43. The van der Waals surface area contributed by atoms with Crippen molar-refractivity contribution in [3.8, 4) is 23.1 Å². The van der Waals surface area contributed by atoms with Gasteiger partial charge in [-0.1, -0.05) is 12.1 Å². The zero-order valence-electron chi connectivity index (χ0n) is 15.9. The molecule has 0 aliphatic carbocycles. The van der Waals surface area contributed by atoms with Crippen molar-refractivity contribution in [1.82, 2.24) is 4.98 Å². The van der Waals surface area contributed by atoms with E-state index in [0.29, 0.717) is 25.4 Å². The molecule has 0 fully saturated rings. The molecule has 6 nitrogen and oxygen atoms in total. The summed E-state index contributed by atoms with van der Waals surface area (Å²) in [6.07, 6.45) is 0. The fraction of sp³-hybridized carbons (Fsp3) is 0.227. The maximum absolute atomic E-state index is 8.92. The molecule has 0 aliphatic rings. The van der Waals surface area contributed by atoms with E-state index < -0.39 is 0 Å². The highest BCUT2D eigenvalue weighted by Gasteiger charge is 2.07. The minimum atomic E-state index is -0.250. The van der Waals surface area contributed by atoms with E-state index in [0.717, 1.165) is 33.5 Å². The van der Waals surface area contributed by atoms with E-state index in [1.807, 2.05) is 49.4 Å². The molecule has 0 bridgehead atoms. The molecule has 0 atom stereocenters. The lowest BCUT2D eigenvalue weighted by molar-refractivity contribution is -0.122. The first-order valence-electron chi connectivity index (χ1n) is 8.83. The molecule has 3 rings (SSSR count). The monoisotopic (exact) mass is 378 g/mol. The largest absolute Gasteiger partial charge is 0.491 e. The minimum absolute atomic E-state index is 0.250. The zero-order chi connectivity index (χ0) is 20.4. The molecule has 6 heteroatoms. The molecule has 0 saturated carbocycles. The number of benzene rings is 2. The van der Waals surface area contributed by atoms with Crippen molar-refractivity contribution in [2.45, 2.75) is 13.8 Å². The average molecular weight is 378 g/mol. The summed E-state index contributed by atoms with van der Waals surface area (Å²) in [5, 5.41) is 16.9. The predicted molar refractivity (Wildman–Crippen MR) is 107 cm³/mol. The van der Waals surface area contributed by atoms with Crippen LogP contribution in [-0.2, 0) is 9.53 Å². The van der Waals surface area contributed by atoms with Crippen molar-refractivity contribution in [1.29, 1.82) is 5.26 Å². The van der Waals surface area contributed by atoms with Gasteiger partial charge in [-0.25, -0.2) is 4.98 Å². The van der Waals surface area contributed by atoms with Crippen molar-refractivity contribution >= 4 is 17.4 Å². The molecule has 0 aliphatic heterocycles. The van der Waals surface area contributed by atoms with Gasteiger partial charge in [0.25, 0.3) is 6.47 Å². The van der Waals surface area contributed by atoms with Crippen LogP contribution in [0, 0.1) is 18.3 Å². The van der Waals surface area contributed by atoms with Crippen LogP contribution >= 0.6 is 0 Å². The van der Waals surface area contributed by atoms with Crippen molar-refractivity contribution < 1.29 is 19.4 Å². The topological polar surface area (TPSA) is 92.4 Å². The van der Waals surface area contributed by atoms with E-state index in [2.05, 4.69) is 19.1 Å². The number of carbonyl (C=O) groups is 1. The summed E-state index contributed by atoms with van der Waals surface area (Å²) in [5.74, 6) is 0.822. The Bertz CT molecular complexity index is 963. The number of nitriles is 1. The van der Waals surface area contributed by atoms with Crippen LogP contribution in [0.15, 0.2) is 48.5 Å². The standard InChI is InChI=1S/C21H20N2O2.CH2O2/c1-3-24-10-11-25-18-8-9-20-19(13-18)15(2)12-21(23-20)17-6-4-16(14-22)5-7-17;2-1-3/h4-9,12-13H,3,10-11H2,1-2H3;1H,(H,2,3). The lowest BCUT2D eigenvalue weighted by atomic mass is 10.0. The Morgan fingerprint density at radius 1 is 1.14 bits per heavy atom. The highest BCUT2D eigenvalue weighted by atomic mass is 16.5. The van der Waals surface area contributed by atoms with Crippen LogP contribution in [-0.4, -0.2) is 36.4 Å². The Labute approximate surface area is 164 Å². The van der Waals surface area contributed by atoms with Gasteiger partial charge in [-0.3, -0.25) is 4.79 Å². The molecule has 1 N–H and O–H groups in total. The molecule has 0 amide bonds. The fourth-order valence-corrected chi connectivity index (χ4v) is 2.69. The summed E-state index contributed by atoms with van der Waals surface area (Å²) in [4.78, 5) is 13.1. The number of hydrogen-bond donors (Lipinski definition) is 1. The van der Waals surface area contributed by atoms with Gasteiger partial charge >= 0.3 is 0 Å². The van der Waals surface area contributed by atoms with Crippen LogP contribution in [0.3, 0.4) is 0 Å². The highest BCUT2D eigenvalue weighted by molar-refractivity contribution is 5.86. The quantitative estimate of drug-likeness (QED) is 0.510. The number of pyridine rings is 1. The summed E-state index contributed by atoms with van der Waals surface area (Å²) < 4.78 is 11.0. The van der Waals surface area contributed by atoms with Crippen molar-refractivity contribution in [3.63, 3.8) is 0 Å². The number of aromatic nitrogens is 1. The molecule has 3 aromatic rings. The van der Waals surface area contributed by atoms with Gasteiger partial charge < -0.3 is 14.6 Å². The van der Waals surface area contributed by atoms with Crippen LogP contribution in [0.5, 0.6) is 5.75 Å². The van der Waals surface area contributed by atoms with E-state index in [1.165, 1.54) is 0 Å². The van der Waals surface area contributed by atoms with Crippen LogP contribution in [0.25, 0.3) is 22.2 Å². The number of fused-ring (bicyclic) bond motifs is 1. The fourth-order valence-electron chi connectivity index (χ4n) is 2.69. The molecular formula is C22H22N2O4. The number of rotatable bonds is 6. The van der Waals surface area contributed by atoms with Gasteiger partial charge in [-0.15, -0.1) is 0 Å². The lowest BCUT2D eigenvalue weighted by Crippen LogP contribution is -2.06. The van der Waals surface area contributed by atoms with Gasteiger partial charge in [0, 0.05) is 17.6 Å². The predicted octanol–water partition coefficient (Wildman–Crippen LogP) is 4.20. The zero-order valence-corrected chi connectivity index (χ0v) is 15.9. The highest BCUT2D eigenvalue weighted by Crippen LogP contribution is 2.27. The molecule has 0 saturated heterocycles. The number of ether oxygens (including phenoxy) is 2. The number of carboxylic acid groups (broad SMARTS) is 1. The first-order chi connectivity index (χ1) is 13.6. The summed E-state index contributed by atoms with van der Waals surface area (Å²) >= 11 is 0. The minimum Gasteiger partial charge on any atom is -0.491 e. The van der Waals surface area contributed by atoms with Crippen LogP contribution < -0.4 is 4.74 Å². The van der Waals surface area contributed by atoms with Gasteiger partial charge in [0.1, 0.15) is 12.4 Å². The second kappa shape index (κ2) is 10.7. The lowest BCUT2D eigenvalue weighted by Gasteiger charge is -2.10. The van der Waals surface area contributed by atoms with Crippen LogP contribution in [0.1, 0.15) is 18.1 Å². The SMILES string of the molecule is CCOCCOc1ccc2nc(-c3ccc(C#N)cc3)cc(C)c2c1.O=CO. The number of aryl methyl sites for hydroxylation is 1. The molecule has 0 unspecified atom stereocenters. The molecule has 1 aromatic heterocycles. The first kappa shape index (κ1) is 20.9. The van der Waals surface area contributed by atoms with E-state index in [1.54, 1.807) is 0 Å². The molecule has 0 spiro atoms. The van der Waals surface area contributed by atoms with Gasteiger partial charge in [0.15, 0.2) is 0 Å². The first-order valence-corrected chi connectivity index (χ1v) is 8.83. The third-order valence-corrected chi connectivity index (χ3v) is 4.00. The molecule has 2 aromatic carbocycles. The second-order valence-corrected chi connectivity index (χ2v) is 5.84. The molecule has 0 radical (unpaired) electrons. The second-order valence-electron chi connectivity index (χ2n) is 5.84. The van der Waals surface area contributed by atoms with E-state index in [9.17, 15) is 0 Å². The van der Waals surface area contributed by atoms with E-state index in [4.69, 9.17) is 29.6 Å². The molecule has 1 heterocycles. The third-order valence-electron chi connectivity index (χ3n) is 4.00. The maximum Gasteiger partial charge on any atom is 0.290 e. The van der Waals surface area contributed by atoms with Gasteiger partial charge in [-0.2, -0.15) is 5.26 Å². The van der Waals surface area contributed by atoms with Gasteiger partial charge in [0.2, 0.25) is 0 Å². The van der Waals surface area contributed by atoms with E-state index in [-0.39, 0.29) is 6.47 Å². The third kappa shape index (κ3) is 5.53. The summed E-state index contributed by atoms with van der Waals surface area (Å²) in [6.45, 7) is 5.61. The van der Waals surface area contributed by atoms with Gasteiger partial charge in [-0.05, 0) is 55.8 Å². The van der Waals surface area contributed by atoms with Crippen molar-refractivity contribution in [2.24, 2.45) is 0 Å². The maximum atomic E-state index is 8.92. The summed E-state index contributed by atoms with van der Waals surface area (Å²) in [5.41, 5.74) is 4.62. The Kier molecular flexibility index (Phi) is 7.94. The van der Waals surface area contributed by atoms with E-state index >= 15 is 0 Å².